The van der Waals surface area contributed by atoms with Crippen molar-refractivity contribution in [3.8, 4) is 45.2 Å². The number of thiophene rings is 1. The number of oxazole rings is 2. The summed E-state index contributed by atoms with van der Waals surface area (Å²) in [5.74, 6) is 1.23. The molecule has 4 nitrogen and oxygen atoms in total. The van der Waals surface area contributed by atoms with E-state index >= 15 is 0 Å². The van der Waals surface area contributed by atoms with Crippen LogP contribution in [0.2, 0.25) is 0 Å². The Balaban J connectivity index is 1.43. The molecular weight excluding hydrogens is 548 g/mol. The van der Waals surface area contributed by atoms with Crippen molar-refractivity contribution in [2.24, 2.45) is 0 Å². The predicted molar refractivity (Wildman–Crippen MR) is 176 cm³/mol. The molecule has 202 valence electrons. The van der Waals surface area contributed by atoms with Gasteiger partial charge in [-0.05, 0) is 86.3 Å². The van der Waals surface area contributed by atoms with Gasteiger partial charge in [0.1, 0.15) is 12.5 Å². The van der Waals surface area contributed by atoms with Crippen molar-refractivity contribution >= 4 is 53.1 Å². The van der Waals surface area contributed by atoms with E-state index in [0.717, 1.165) is 22.3 Å². The van der Waals surface area contributed by atoms with E-state index in [4.69, 9.17) is 8.83 Å². The van der Waals surface area contributed by atoms with Crippen LogP contribution < -0.4 is 0 Å². The van der Waals surface area contributed by atoms with Gasteiger partial charge in [0.2, 0.25) is 11.8 Å². The fourth-order valence-corrected chi connectivity index (χ4v) is 7.49. The first-order valence-corrected chi connectivity index (χ1v) is 14.9. The Hall–Kier alpha value is -5.52. The lowest BCUT2D eigenvalue weighted by atomic mass is 9.85. The van der Waals surface area contributed by atoms with Gasteiger partial charge in [-0.15, -0.1) is 11.3 Å². The first kappa shape index (κ1) is 24.1. The minimum atomic E-state index is 0.613. The van der Waals surface area contributed by atoms with Crippen LogP contribution in [0.1, 0.15) is 0 Å². The number of hydrogen-bond donors (Lipinski definition) is 0. The second-order valence-corrected chi connectivity index (χ2v) is 11.7. The summed E-state index contributed by atoms with van der Waals surface area (Å²) in [4.78, 5) is 8.84. The van der Waals surface area contributed by atoms with Crippen LogP contribution in [-0.4, -0.2) is 9.97 Å². The van der Waals surface area contributed by atoms with Gasteiger partial charge >= 0.3 is 0 Å². The van der Waals surface area contributed by atoms with Gasteiger partial charge in [0.05, 0.1) is 12.4 Å². The van der Waals surface area contributed by atoms with E-state index in [1.807, 2.05) is 23.5 Å². The number of benzene rings is 6. The SMILES string of the molecule is c1cc(-c2ncco2)cc(-c2c3ccccc3c(-c3cccc(-c4ncco4)c3)c3cc4c(cc23)sc2ccccc24)c1. The summed E-state index contributed by atoms with van der Waals surface area (Å²) in [6.07, 6.45) is 6.61. The molecule has 6 aromatic carbocycles. The van der Waals surface area contributed by atoms with Crippen molar-refractivity contribution in [3.63, 3.8) is 0 Å². The average Bonchev–Trinajstić information content (AvgIpc) is 3.85. The highest BCUT2D eigenvalue weighted by atomic mass is 32.1. The van der Waals surface area contributed by atoms with Crippen LogP contribution in [0.5, 0.6) is 0 Å². The normalized spacial score (nSPS) is 11.7. The molecule has 0 aliphatic carbocycles. The number of nitrogens with zero attached hydrogens (tertiary/aromatic N) is 2. The van der Waals surface area contributed by atoms with Gasteiger partial charge in [0, 0.05) is 31.3 Å². The molecule has 0 spiro atoms. The third-order valence-electron chi connectivity index (χ3n) is 8.18. The van der Waals surface area contributed by atoms with E-state index in [2.05, 4.69) is 107 Å². The lowest BCUT2D eigenvalue weighted by molar-refractivity contribution is 0.574. The molecule has 0 aliphatic heterocycles. The Kier molecular flexibility index (Phi) is 5.33. The van der Waals surface area contributed by atoms with Crippen molar-refractivity contribution in [1.29, 1.82) is 0 Å². The van der Waals surface area contributed by atoms with Gasteiger partial charge in [-0.25, -0.2) is 9.97 Å². The zero-order chi connectivity index (χ0) is 28.3. The van der Waals surface area contributed by atoms with Gasteiger partial charge in [-0.2, -0.15) is 0 Å². The summed E-state index contributed by atoms with van der Waals surface area (Å²) in [5.41, 5.74) is 6.54. The van der Waals surface area contributed by atoms with Crippen LogP contribution in [0.15, 0.2) is 143 Å². The molecule has 0 N–H and O–H groups in total. The second kappa shape index (κ2) is 9.51. The Morgan fingerprint density at radius 2 is 0.953 bits per heavy atom. The Morgan fingerprint density at radius 1 is 0.419 bits per heavy atom. The summed E-state index contributed by atoms with van der Waals surface area (Å²) in [7, 11) is 0. The van der Waals surface area contributed by atoms with Gasteiger partial charge in [0.25, 0.3) is 0 Å². The molecule has 9 aromatic rings. The zero-order valence-corrected chi connectivity index (χ0v) is 23.6. The predicted octanol–water partition coefficient (Wildman–Crippen LogP) is 11.0. The summed E-state index contributed by atoms with van der Waals surface area (Å²) in [6.45, 7) is 0. The minimum absolute atomic E-state index is 0.613. The highest BCUT2D eigenvalue weighted by molar-refractivity contribution is 7.25. The van der Waals surface area contributed by atoms with Crippen LogP contribution >= 0.6 is 11.3 Å². The van der Waals surface area contributed by atoms with Gasteiger partial charge in [-0.1, -0.05) is 66.7 Å². The van der Waals surface area contributed by atoms with E-state index in [0.29, 0.717) is 11.8 Å². The van der Waals surface area contributed by atoms with Crippen molar-refractivity contribution in [1.82, 2.24) is 9.97 Å². The molecule has 5 heteroatoms. The monoisotopic (exact) mass is 570 g/mol. The highest BCUT2D eigenvalue weighted by Gasteiger charge is 2.20. The van der Waals surface area contributed by atoms with Crippen LogP contribution in [0.3, 0.4) is 0 Å². The topological polar surface area (TPSA) is 52.1 Å². The number of fused-ring (bicyclic) bond motifs is 5. The first-order valence-electron chi connectivity index (χ1n) is 14.1. The Morgan fingerprint density at radius 3 is 1.53 bits per heavy atom. The molecule has 0 bridgehead atoms. The molecule has 0 saturated heterocycles. The van der Waals surface area contributed by atoms with E-state index in [1.165, 1.54) is 52.8 Å². The molecule has 0 radical (unpaired) electrons. The third kappa shape index (κ3) is 3.83. The fraction of sp³-hybridized carbons (Fsp3) is 0. The fourth-order valence-electron chi connectivity index (χ4n) is 6.36. The second-order valence-electron chi connectivity index (χ2n) is 10.6. The molecule has 0 aliphatic rings. The first-order chi connectivity index (χ1) is 21.3. The molecule has 3 heterocycles. The quantitative estimate of drug-likeness (QED) is 0.198. The van der Waals surface area contributed by atoms with Crippen molar-refractivity contribution < 1.29 is 8.83 Å². The maximum absolute atomic E-state index is 5.68. The van der Waals surface area contributed by atoms with Crippen LogP contribution in [0.25, 0.3) is 86.9 Å². The standard InChI is InChI=1S/C38H22N2O2S/c1-2-13-29-28(12-1)35(23-7-5-9-25(19-23)37-39-15-17-41-37)31-21-30-27-11-3-4-14-33(27)43-34(30)22-32(31)36(29)24-8-6-10-26(20-24)38-40-16-18-42-38/h1-22H. The summed E-state index contributed by atoms with van der Waals surface area (Å²) >= 11 is 1.84. The molecular formula is C38H22N2O2S. The molecule has 3 aromatic heterocycles. The van der Waals surface area contributed by atoms with Gasteiger partial charge in [-0.3, -0.25) is 0 Å². The van der Waals surface area contributed by atoms with E-state index in [9.17, 15) is 0 Å². The summed E-state index contributed by atoms with van der Waals surface area (Å²) < 4.78 is 13.9. The van der Waals surface area contributed by atoms with Crippen molar-refractivity contribution in [3.05, 3.63) is 134 Å². The maximum atomic E-state index is 5.68. The largest absolute Gasteiger partial charge is 0.445 e. The Bertz CT molecular complexity index is 2460. The minimum Gasteiger partial charge on any atom is -0.445 e. The van der Waals surface area contributed by atoms with E-state index in [1.54, 1.807) is 24.9 Å². The van der Waals surface area contributed by atoms with Crippen LogP contribution in [-0.2, 0) is 0 Å². The lowest BCUT2D eigenvalue weighted by Crippen LogP contribution is -1.92. The molecule has 43 heavy (non-hydrogen) atoms. The molecule has 0 fully saturated rings. The van der Waals surface area contributed by atoms with Crippen molar-refractivity contribution in [2.75, 3.05) is 0 Å². The molecule has 0 amide bonds. The molecule has 0 saturated carbocycles. The van der Waals surface area contributed by atoms with Crippen LogP contribution in [0, 0.1) is 0 Å². The zero-order valence-electron chi connectivity index (χ0n) is 22.8. The third-order valence-corrected chi connectivity index (χ3v) is 9.32. The van der Waals surface area contributed by atoms with Crippen molar-refractivity contribution in [2.45, 2.75) is 0 Å². The summed E-state index contributed by atoms with van der Waals surface area (Å²) in [5, 5.41) is 7.35. The maximum Gasteiger partial charge on any atom is 0.225 e. The number of aromatic nitrogens is 2. The molecule has 0 unspecified atom stereocenters. The number of rotatable bonds is 4. The Labute approximate surface area is 250 Å². The summed E-state index contributed by atoms with van der Waals surface area (Å²) in [6, 6.07) is 39.2. The average molecular weight is 571 g/mol. The molecule has 9 rings (SSSR count). The van der Waals surface area contributed by atoms with Gasteiger partial charge in [0.15, 0.2) is 0 Å². The van der Waals surface area contributed by atoms with E-state index in [-0.39, 0.29) is 0 Å². The van der Waals surface area contributed by atoms with E-state index < -0.39 is 0 Å². The lowest BCUT2D eigenvalue weighted by Gasteiger charge is -2.18. The number of hydrogen-bond acceptors (Lipinski definition) is 5. The van der Waals surface area contributed by atoms with Gasteiger partial charge < -0.3 is 8.83 Å². The smallest absolute Gasteiger partial charge is 0.225 e. The van der Waals surface area contributed by atoms with Crippen LogP contribution in [0.4, 0.5) is 0 Å². The highest BCUT2D eigenvalue weighted by Crippen LogP contribution is 2.47. The molecule has 0 atom stereocenters.